The van der Waals surface area contributed by atoms with Gasteiger partial charge in [-0.2, -0.15) is 0 Å². The summed E-state index contributed by atoms with van der Waals surface area (Å²) in [7, 11) is 0. The highest BCUT2D eigenvalue weighted by Crippen LogP contribution is 2.17. The summed E-state index contributed by atoms with van der Waals surface area (Å²) in [5.74, 6) is -0.601. The Bertz CT molecular complexity index is 1350. The predicted molar refractivity (Wildman–Crippen MR) is 300 cm³/mol. The Morgan fingerprint density at radius 2 is 0.826 bits per heavy atom. The minimum Gasteiger partial charge on any atom is -0.462 e. The highest BCUT2D eigenvalue weighted by atomic mass is 16.5. The van der Waals surface area contributed by atoms with Crippen LogP contribution in [-0.4, -0.2) is 46.9 Å². The third kappa shape index (κ3) is 51.0. The molecule has 0 spiro atoms. The van der Waals surface area contributed by atoms with Crippen molar-refractivity contribution >= 4 is 11.9 Å². The smallest absolute Gasteiger partial charge is 0.306 e. The second-order valence-electron chi connectivity index (χ2n) is 19.3. The maximum atomic E-state index is 13.3. The van der Waals surface area contributed by atoms with Crippen molar-refractivity contribution in [1.82, 2.24) is 5.32 Å². The van der Waals surface area contributed by atoms with E-state index in [4.69, 9.17) is 4.74 Å². The van der Waals surface area contributed by atoms with Crippen molar-refractivity contribution in [3.05, 3.63) is 97.2 Å². The largest absolute Gasteiger partial charge is 0.462 e. The number of carbonyl (C=O) groups is 2. The summed E-state index contributed by atoms with van der Waals surface area (Å²) in [6, 6.07) is -0.731. The highest BCUT2D eigenvalue weighted by molar-refractivity contribution is 5.77. The minimum absolute atomic E-state index is 0.0251. The molecule has 0 aliphatic rings. The topological polar surface area (TPSA) is 95.9 Å². The predicted octanol–water partition coefficient (Wildman–Crippen LogP) is 18.1. The van der Waals surface area contributed by atoms with E-state index in [0.717, 1.165) is 89.9 Å². The first kappa shape index (κ1) is 65.8. The minimum atomic E-state index is -0.813. The summed E-state index contributed by atoms with van der Waals surface area (Å²) in [6.07, 6.45) is 74.8. The first-order valence-corrected chi connectivity index (χ1v) is 29.0. The Labute approximate surface area is 426 Å². The van der Waals surface area contributed by atoms with Crippen LogP contribution in [0.5, 0.6) is 0 Å². The van der Waals surface area contributed by atoms with Crippen LogP contribution in [0.25, 0.3) is 0 Å². The quantitative estimate of drug-likeness (QED) is 0.0244. The molecule has 6 heteroatoms. The van der Waals surface area contributed by atoms with Crippen molar-refractivity contribution in [1.29, 1.82) is 0 Å². The molecule has 0 saturated heterocycles. The molecule has 0 aromatic heterocycles. The lowest BCUT2D eigenvalue weighted by molar-refractivity contribution is -0.150. The molecule has 0 bridgehead atoms. The highest BCUT2D eigenvalue weighted by Gasteiger charge is 2.24. The maximum absolute atomic E-state index is 13.3. The van der Waals surface area contributed by atoms with Gasteiger partial charge in [-0.05, 0) is 89.9 Å². The molecule has 0 fully saturated rings. The Morgan fingerprint density at radius 1 is 0.449 bits per heavy atom. The van der Waals surface area contributed by atoms with Gasteiger partial charge in [0.05, 0.1) is 25.2 Å². The van der Waals surface area contributed by atoms with E-state index in [1.807, 2.05) is 6.08 Å². The molecule has 0 saturated carbocycles. The summed E-state index contributed by atoms with van der Waals surface area (Å²) >= 11 is 0. The van der Waals surface area contributed by atoms with Gasteiger partial charge in [0, 0.05) is 6.42 Å². The lowest BCUT2D eigenvalue weighted by atomic mass is 10.0. The van der Waals surface area contributed by atoms with E-state index in [-0.39, 0.29) is 31.3 Å². The molecule has 0 rings (SSSR count). The van der Waals surface area contributed by atoms with Crippen molar-refractivity contribution < 1.29 is 24.5 Å². The van der Waals surface area contributed by atoms with Gasteiger partial charge in [0.2, 0.25) is 5.91 Å². The lowest BCUT2D eigenvalue weighted by Crippen LogP contribution is -2.46. The molecule has 0 aromatic carbocycles. The molecule has 69 heavy (non-hydrogen) atoms. The Morgan fingerprint density at radius 3 is 1.26 bits per heavy atom. The van der Waals surface area contributed by atoms with Crippen LogP contribution in [0.3, 0.4) is 0 Å². The number of aliphatic hydroxyl groups excluding tert-OH is 2. The molecule has 3 atom stereocenters. The van der Waals surface area contributed by atoms with Crippen molar-refractivity contribution in [2.24, 2.45) is 0 Å². The monoisotopic (exact) mass is 960 g/mol. The van der Waals surface area contributed by atoms with Crippen LogP contribution < -0.4 is 5.32 Å². The second kappa shape index (κ2) is 55.7. The van der Waals surface area contributed by atoms with Crippen LogP contribution in [0.4, 0.5) is 0 Å². The van der Waals surface area contributed by atoms with Gasteiger partial charge < -0.3 is 20.3 Å². The fourth-order valence-corrected chi connectivity index (χ4v) is 8.33. The molecule has 0 heterocycles. The molecule has 0 aliphatic heterocycles. The zero-order valence-electron chi connectivity index (χ0n) is 45.2. The molecule has 3 N–H and O–H groups in total. The van der Waals surface area contributed by atoms with Crippen molar-refractivity contribution in [2.45, 2.75) is 283 Å². The van der Waals surface area contributed by atoms with Crippen LogP contribution in [0.2, 0.25) is 0 Å². The third-order valence-corrected chi connectivity index (χ3v) is 12.7. The number of allylic oxidation sites excluding steroid dienone is 16. The van der Waals surface area contributed by atoms with Gasteiger partial charge in [0.15, 0.2) is 0 Å². The number of unbranched alkanes of at least 4 members (excludes halogenated alkanes) is 24. The SMILES string of the molecule is CC/C=C\C/C=C\C/C=C\C/C=C\C/C=C\C/C=C\CCC(=O)OC(CCCCC/C=C/C=C/CCCCCCCCC)CC(=O)NC(CO)C(O)CCCCCCCCCCCCCCCCC. The zero-order valence-corrected chi connectivity index (χ0v) is 45.2. The number of nitrogens with one attached hydrogen (secondary N) is 1. The molecule has 0 radical (unpaired) electrons. The van der Waals surface area contributed by atoms with E-state index in [1.165, 1.54) is 122 Å². The van der Waals surface area contributed by atoms with Gasteiger partial charge >= 0.3 is 5.97 Å². The second-order valence-corrected chi connectivity index (χ2v) is 19.3. The summed E-state index contributed by atoms with van der Waals surface area (Å²) in [5.41, 5.74) is 0. The normalized spacial score (nSPS) is 13.9. The average molecular weight is 961 g/mol. The van der Waals surface area contributed by atoms with E-state index in [2.05, 4.69) is 117 Å². The van der Waals surface area contributed by atoms with Crippen LogP contribution >= 0.6 is 0 Å². The number of rotatable bonds is 51. The summed E-state index contributed by atoms with van der Waals surface area (Å²) in [4.78, 5) is 26.2. The van der Waals surface area contributed by atoms with Crippen molar-refractivity contribution in [2.75, 3.05) is 6.61 Å². The number of carbonyl (C=O) groups excluding carboxylic acids is 2. The first-order chi connectivity index (χ1) is 34.0. The zero-order chi connectivity index (χ0) is 50.2. The fourth-order valence-electron chi connectivity index (χ4n) is 8.33. The van der Waals surface area contributed by atoms with E-state index in [0.29, 0.717) is 19.3 Å². The third-order valence-electron chi connectivity index (χ3n) is 12.7. The van der Waals surface area contributed by atoms with E-state index >= 15 is 0 Å². The number of amides is 1. The van der Waals surface area contributed by atoms with Gasteiger partial charge in [-0.15, -0.1) is 0 Å². The van der Waals surface area contributed by atoms with Gasteiger partial charge in [-0.1, -0.05) is 259 Å². The van der Waals surface area contributed by atoms with Crippen molar-refractivity contribution in [3.8, 4) is 0 Å². The van der Waals surface area contributed by atoms with Crippen molar-refractivity contribution in [3.63, 3.8) is 0 Å². The van der Waals surface area contributed by atoms with Crippen LogP contribution in [0.1, 0.15) is 265 Å². The van der Waals surface area contributed by atoms with Gasteiger partial charge in [-0.25, -0.2) is 0 Å². The summed E-state index contributed by atoms with van der Waals surface area (Å²) in [5, 5.41) is 23.9. The Balaban J connectivity index is 4.73. The number of esters is 1. The van der Waals surface area contributed by atoms with Gasteiger partial charge in [0.25, 0.3) is 0 Å². The molecular formula is C63H109NO5. The molecule has 396 valence electrons. The Hall–Kier alpha value is -3.22. The van der Waals surface area contributed by atoms with Crippen LogP contribution in [0.15, 0.2) is 97.2 Å². The average Bonchev–Trinajstić information content (AvgIpc) is 3.34. The number of aliphatic hydroxyl groups is 2. The van der Waals surface area contributed by atoms with Crippen LogP contribution in [-0.2, 0) is 14.3 Å². The molecule has 0 aromatic rings. The number of hydrogen-bond donors (Lipinski definition) is 3. The van der Waals surface area contributed by atoms with E-state index in [1.54, 1.807) is 0 Å². The van der Waals surface area contributed by atoms with E-state index in [9.17, 15) is 19.8 Å². The van der Waals surface area contributed by atoms with Gasteiger partial charge in [0.1, 0.15) is 6.10 Å². The maximum Gasteiger partial charge on any atom is 0.306 e. The Kier molecular flexibility index (Phi) is 53.1. The van der Waals surface area contributed by atoms with Crippen LogP contribution in [0, 0.1) is 0 Å². The number of ether oxygens (including phenoxy) is 1. The fraction of sp³-hybridized carbons (Fsp3) is 0.714. The molecule has 3 unspecified atom stereocenters. The molecule has 0 aliphatic carbocycles. The van der Waals surface area contributed by atoms with Gasteiger partial charge in [-0.3, -0.25) is 9.59 Å². The summed E-state index contributed by atoms with van der Waals surface area (Å²) in [6.45, 7) is 6.36. The standard InChI is InChI=1S/C63H109NO5/c1-4-7-10-13-16-19-22-25-28-30-31-32-35-38-41-44-47-50-53-56-63(68)69-59(54-51-48-45-42-39-36-34-29-26-23-20-17-14-11-8-5-2)57-62(67)64-60(58-65)61(66)55-52-49-46-43-40-37-33-27-24-21-18-15-12-9-6-3/h7,10,16,19,25,28-29,31-32,34,36,38-39,41,47,50,59-61,65-66H,4-6,8-9,11-15,17-18,20-24,26-27,30,33,35,37,40,42-46,48-49,51-58H2,1-3H3,(H,64,67)/b10-7-,19-16-,28-25-,32-31-,34-29+,39-36+,41-38-,50-47-. The molecule has 1 amide bonds. The van der Waals surface area contributed by atoms with E-state index < -0.39 is 18.2 Å². The number of hydrogen-bond acceptors (Lipinski definition) is 5. The first-order valence-electron chi connectivity index (χ1n) is 29.0. The molecular weight excluding hydrogens is 851 g/mol. The molecule has 6 nitrogen and oxygen atoms in total. The summed E-state index contributed by atoms with van der Waals surface area (Å²) < 4.78 is 5.90. The lowest BCUT2D eigenvalue weighted by Gasteiger charge is -2.24.